The maximum Gasteiger partial charge on any atom is 0.336 e. The minimum atomic E-state index is -1.01. The van der Waals surface area contributed by atoms with Gasteiger partial charge in [0.2, 0.25) is 0 Å². The van der Waals surface area contributed by atoms with Gasteiger partial charge in [0.15, 0.2) is 4.67 Å². The number of hydrogen-bond acceptors (Lipinski definition) is 4. The van der Waals surface area contributed by atoms with Crippen molar-refractivity contribution in [2.45, 2.75) is 45.6 Å². The van der Waals surface area contributed by atoms with Gasteiger partial charge in [-0.3, -0.25) is 4.79 Å². The zero-order valence-corrected chi connectivity index (χ0v) is 21.2. The summed E-state index contributed by atoms with van der Waals surface area (Å²) in [6.45, 7) is 5.04. The second-order valence-electron chi connectivity index (χ2n) is 8.77. The summed E-state index contributed by atoms with van der Waals surface area (Å²) in [5.74, 6) is 0.679. The lowest BCUT2D eigenvalue weighted by molar-refractivity contribution is 0.0697. The molecular formula is C27H26BrN3O4. The maximum atomic E-state index is 13.0. The number of rotatable bonds is 8. The molecule has 0 bridgehead atoms. The fraction of sp³-hybridized carbons (Fsp3) is 0.296. The average molecular weight is 536 g/mol. The van der Waals surface area contributed by atoms with Crippen molar-refractivity contribution in [2.24, 2.45) is 0 Å². The number of amides is 1. The number of carboxylic acids is 1. The number of fused-ring (bicyclic) bond motifs is 1. The largest absolute Gasteiger partial charge is 0.478 e. The molecular weight excluding hydrogens is 510 g/mol. The zero-order chi connectivity index (χ0) is 24.7. The van der Waals surface area contributed by atoms with E-state index in [-0.39, 0.29) is 11.5 Å². The third kappa shape index (κ3) is 4.27. The molecule has 1 aliphatic rings. The van der Waals surface area contributed by atoms with Gasteiger partial charge >= 0.3 is 5.97 Å². The van der Waals surface area contributed by atoms with Crippen molar-refractivity contribution in [3.8, 4) is 11.3 Å². The van der Waals surface area contributed by atoms with Crippen LogP contribution in [0.3, 0.4) is 0 Å². The number of halogens is 1. The highest BCUT2D eigenvalue weighted by Crippen LogP contribution is 2.42. The predicted molar refractivity (Wildman–Crippen MR) is 137 cm³/mol. The molecule has 2 heterocycles. The number of imidazole rings is 1. The second kappa shape index (κ2) is 9.34. The van der Waals surface area contributed by atoms with Gasteiger partial charge in [-0.25, -0.2) is 9.78 Å². The fourth-order valence-corrected chi connectivity index (χ4v) is 5.07. The van der Waals surface area contributed by atoms with E-state index in [0.29, 0.717) is 40.7 Å². The highest BCUT2D eigenvalue weighted by molar-refractivity contribution is 9.10. The number of carbonyl (C=O) groups is 2. The minimum Gasteiger partial charge on any atom is -0.478 e. The number of nitrogens with zero attached hydrogens (tertiary/aromatic N) is 2. The van der Waals surface area contributed by atoms with Gasteiger partial charge in [-0.05, 0) is 53.4 Å². The molecule has 1 fully saturated rings. The number of aryl methyl sites for hydroxylation is 1. The Kier molecular flexibility index (Phi) is 6.23. The van der Waals surface area contributed by atoms with Crippen molar-refractivity contribution in [1.29, 1.82) is 0 Å². The molecule has 2 N–H and O–H groups in total. The standard InChI is InChI=1S/C27H26BrN3O4/c1-3-21-30-22(16-10-11-16)23(26(32)29-4-2)31(21)14-15-9-12-18-20(13-15)25(28)35-24(18)17-7-5-6-8-19(17)27(33)34/h5-9,12-13,16H,3-4,10-11,14H2,1-2H3,(H,29,32)(H,33,34). The monoisotopic (exact) mass is 535 g/mol. The van der Waals surface area contributed by atoms with Crippen LogP contribution in [0.4, 0.5) is 0 Å². The number of carboxylic acid groups (broad SMARTS) is 1. The number of hydrogen-bond donors (Lipinski definition) is 2. The number of nitrogens with one attached hydrogen (secondary N) is 1. The van der Waals surface area contributed by atoms with E-state index in [1.165, 1.54) is 0 Å². The summed E-state index contributed by atoms with van der Waals surface area (Å²) in [6, 6.07) is 12.8. The summed E-state index contributed by atoms with van der Waals surface area (Å²) in [5, 5.41) is 14.2. The van der Waals surface area contributed by atoms with E-state index in [9.17, 15) is 14.7 Å². The number of furan rings is 1. The SMILES string of the molecule is CCNC(=O)c1c(C2CC2)nc(CC)n1Cc1ccc2c(-c3ccccc3C(=O)O)oc(Br)c2c1. The lowest BCUT2D eigenvalue weighted by Gasteiger charge is -2.12. The second-order valence-corrected chi connectivity index (χ2v) is 9.49. The van der Waals surface area contributed by atoms with E-state index < -0.39 is 5.97 Å². The van der Waals surface area contributed by atoms with E-state index in [4.69, 9.17) is 9.40 Å². The van der Waals surface area contributed by atoms with Crippen LogP contribution >= 0.6 is 15.9 Å². The third-order valence-electron chi connectivity index (χ3n) is 6.38. The molecule has 7 nitrogen and oxygen atoms in total. The molecule has 0 aliphatic heterocycles. The van der Waals surface area contributed by atoms with Crippen LogP contribution in [0.15, 0.2) is 51.6 Å². The average Bonchev–Trinajstić information content (AvgIpc) is 3.56. The van der Waals surface area contributed by atoms with Gasteiger partial charge in [0, 0.05) is 41.8 Å². The number of benzene rings is 2. The van der Waals surface area contributed by atoms with Crippen LogP contribution in [0, 0.1) is 0 Å². The van der Waals surface area contributed by atoms with E-state index in [0.717, 1.165) is 47.1 Å². The van der Waals surface area contributed by atoms with Crippen LogP contribution < -0.4 is 5.32 Å². The van der Waals surface area contributed by atoms with Crippen molar-refractivity contribution >= 4 is 38.6 Å². The highest BCUT2D eigenvalue weighted by Gasteiger charge is 2.33. The van der Waals surface area contributed by atoms with Crippen molar-refractivity contribution in [3.05, 3.63) is 75.5 Å². The fourth-order valence-electron chi connectivity index (χ4n) is 4.58. The minimum absolute atomic E-state index is 0.0836. The van der Waals surface area contributed by atoms with E-state index in [2.05, 4.69) is 28.2 Å². The summed E-state index contributed by atoms with van der Waals surface area (Å²) in [6.07, 6.45) is 2.87. The molecule has 1 saturated carbocycles. The lowest BCUT2D eigenvalue weighted by atomic mass is 10.0. The Morgan fingerprint density at radius 1 is 1.17 bits per heavy atom. The summed E-state index contributed by atoms with van der Waals surface area (Å²) >= 11 is 3.52. The van der Waals surface area contributed by atoms with Gasteiger partial charge in [-0.1, -0.05) is 37.3 Å². The Morgan fingerprint density at radius 2 is 1.94 bits per heavy atom. The van der Waals surface area contributed by atoms with Crippen molar-refractivity contribution < 1.29 is 19.1 Å². The molecule has 4 aromatic rings. The normalized spacial score (nSPS) is 13.3. The zero-order valence-electron chi connectivity index (χ0n) is 19.6. The maximum absolute atomic E-state index is 13.0. The van der Waals surface area contributed by atoms with Gasteiger partial charge in [-0.2, -0.15) is 0 Å². The highest BCUT2D eigenvalue weighted by atomic mass is 79.9. The van der Waals surface area contributed by atoms with Crippen LogP contribution in [-0.2, 0) is 13.0 Å². The lowest BCUT2D eigenvalue weighted by Crippen LogP contribution is -2.27. The van der Waals surface area contributed by atoms with Crippen molar-refractivity contribution in [1.82, 2.24) is 14.9 Å². The number of aromatic carboxylic acids is 1. The smallest absolute Gasteiger partial charge is 0.336 e. The molecule has 0 unspecified atom stereocenters. The Bertz CT molecular complexity index is 1450. The van der Waals surface area contributed by atoms with Crippen LogP contribution in [0.2, 0.25) is 0 Å². The summed E-state index contributed by atoms with van der Waals surface area (Å²) < 4.78 is 8.57. The summed E-state index contributed by atoms with van der Waals surface area (Å²) in [7, 11) is 0. The van der Waals surface area contributed by atoms with Crippen molar-refractivity contribution in [3.63, 3.8) is 0 Å². The molecule has 0 spiro atoms. The Labute approximate surface area is 211 Å². The molecule has 5 rings (SSSR count). The summed E-state index contributed by atoms with van der Waals surface area (Å²) in [5.41, 5.74) is 3.28. The van der Waals surface area contributed by atoms with Crippen LogP contribution in [0.25, 0.3) is 22.1 Å². The van der Waals surface area contributed by atoms with Crippen LogP contribution in [0.1, 0.15) is 70.5 Å². The first-order valence-corrected chi connectivity index (χ1v) is 12.6. The Hall–Kier alpha value is -3.39. The Balaban J connectivity index is 1.58. The summed E-state index contributed by atoms with van der Waals surface area (Å²) in [4.78, 5) is 29.6. The first kappa shape index (κ1) is 23.4. The molecule has 180 valence electrons. The van der Waals surface area contributed by atoms with Gasteiger partial charge in [0.05, 0.1) is 11.3 Å². The molecule has 1 amide bonds. The molecule has 0 saturated heterocycles. The molecule has 2 aromatic heterocycles. The topological polar surface area (TPSA) is 97.4 Å². The first-order chi connectivity index (χ1) is 16.9. The molecule has 1 aliphatic carbocycles. The van der Waals surface area contributed by atoms with Gasteiger partial charge in [0.25, 0.3) is 5.91 Å². The molecule has 8 heteroatoms. The quantitative estimate of drug-likeness (QED) is 0.288. The predicted octanol–water partition coefficient (Wildman–Crippen LogP) is 5.99. The molecule has 0 radical (unpaired) electrons. The van der Waals surface area contributed by atoms with Gasteiger partial charge < -0.3 is 19.4 Å². The third-order valence-corrected chi connectivity index (χ3v) is 6.97. The molecule has 0 atom stereocenters. The van der Waals surface area contributed by atoms with Gasteiger partial charge in [-0.15, -0.1) is 0 Å². The van der Waals surface area contributed by atoms with Crippen LogP contribution in [-0.4, -0.2) is 33.1 Å². The first-order valence-electron chi connectivity index (χ1n) is 11.8. The van der Waals surface area contributed by atoms with E-state index in [1.807, 2.05) is 29.7 Å². The number of aromatic nitrogens is 2. The molecule has 35 heavy (non-hydrogen) atoms. The number of carbonyl (C=O) groups excluding carboxylic acids is 1. The molecule has 2 aromatic carbocycles. The van der Waals surface area contributed by atoms with E-state index >= 15 is 0 Å². The van der Waals surface area contributed by atoms with E-state index in [1.54, 1.807) is 24.3 Å². The van der Waals surface area contributed by atoms with Gasteiger partial charge in [0.1, 0.15) is 17.3 Å². The Morgan fingerprint density at radius 3 is 2.63 bits per heavy atom. The van der Waals surface area contributed by atoms with Crippen LogP contribution in [0.5, 0.6) is 0 Å². The van der Waals surface area contributed by atoms with Crippen molar-refractivity contribution in [2.75, 3.05) is 6.54 Å².